The van der Waals surface area contributed by atoms with Crippen LogP contribution in [-0.4, -0.2) is 43.5 Å². The molecule has 0 fully saturated rings. The molecule has 0 radical (unpaired) electrons. The van der Waals surface area contributed by atoms with E-state index in [-0.39, 0.29) is 18.4 Å². The summed E-state index contributed by atoms with van der Waals surface area (Å²) < 4.78 is 5.21. The molecule has 2 aromatic rings. The van der Waals surface area contributed by atoms with Crippen LogP contribution in [0.2, 0.25) is 5.02 Å². The van der Waals surface area contributed by atoms with E-state index in [9.17, 15) is 9.59 Å². The van der Waals surface area contributed by atoms with Crippen molar-refractivity contribution in [3.8, 4) is 5.75 Å². The molecule has 2 rings (SSSR count). The smallest absolute Gasteiger partial charge is 0.238 e. The first-order valence-electron chi connectivity index (χ1n) is 8.56. The van der Waals surface area contributed by atoms with Gasteiger partial charge in [0.05, 0.1) is 25.4 Å². The fourth-order valence-electron chi connectivity index (χ4n) is 2.46. The largest absolute Gasteiger partial charge is 0.495 e. The molecule has 0 aliphatic rings. The Kier molecular flexibility index (Phi) is 7.64. The highest BCUT2D eigenvalue weighted by molar-refractivity contribution is 6.31. The van der Waals surface area contributed by atoms with Gasteiger partial charge >= 0.3 is 0 Å². The van der Waals surface area contributed by atoms with E-state index in [1.54, 1.807) is 37.1 Å². The zero-order valence-corrected chi connectivity index (χ0v) is 16.4. The maximum atomic E-state index is 12.3. The minimum atomic E-state index is -0.458. The van der Waals surface area contributed by atoms with Crippen LogP contribution in [0.25, 0.3) is 0 Å². The number of halogens is 1. The third-order valence-corrected chi connectivity index (χ3v) is 4.41. The van der Waals surface area contributed by atoms with Crippen LogP contribution in [0.15, 0.2) is 48.5 Å². The highest BCUT2D eigenvalue weighted by Gasteiger charge is 2.20. The van der Waals surface area contributed by atoms with Crippen LogP contribution in [0, 0.1) is 0 Å². The minimum Gasteiger partial charge on any atom is -0.495 e. The summed E-state index contributed by atoms with van der Waals surface area (Å²) in [7, 11) is 3.24. The Morgan fingerprint density at radius 2 is 1.89 bits per heavy atom. The van der Waals surface area contributed by atoms with Crippen LogP contribution in [0.4, 0.5) is 5.69 Å². The van der Waals surface area contributed by atoms with Crippen LogP contribution in [0.1, 0.15) is 12.5 Å². The second kappa shape index (κ2) is 9.94. The molecule has 7 heteroatoms. The number of methoxy groups -OCH3 is 1. The predicted octanol–water partition coefficient (Wildman–Crippen LogP) is 2.92. The average Bonchev–Trinajstić information content (AvgIpc) is 2.66. The van der Waals surface area contributed by atoms with Crippen LogP contribution >= 0.6 is 11.6 Å². The highest BCUT2D eigenvalue weighted by atomic mass is 35.5. The summed E-state index contributed by atoms with van der Waals surface area (Å²) in [6.07, 6.45) is 0. The number of likely N-dealkylation sites (N-methyl/N-ethyl adjacent to an activating group) is 1. The molecule has 0 aliphatic carbocycles. The zero-order valence-electron chi connectivity index (χ0n) is 15.7. The summed E-state index contributed by atoms with van der Waals surface area (Å²) in [5.74, 6) is 0.110. The standard InChI is InChI=1S/C20H24ClN3O3/c1-14(20(26)22-12-15-7-5-4-6-8-15)24(2)13-19(25)23-17-11-16(21)9-10-18(17)27-3/h4-11,14H,12-13H2,1-3H3,(H,22,26)(H,23,25). The van der Waals surface area contributed by atoms with E-state index in [1.165, 1.54) is 7.11 Å². The van der Waals surface area contributed by atoms with Gasteiger partial charge in [-0.05, 0) is 37.7 Å². The molecule has 2 amide bonds. The molecule has 0 saturated heterocycles. The van der Waals surface area contributed by atoms with Gasteiger partial charge in [0.15, 0.2) is 0 Å². The monoisotopic (exact) mass is 389 g/mol. The number of anilines is 1. The SMILES string of the molecule is COc1ccc(Cl)cc1NC(=O)CN(C)C(C)C(=O)NCc1ccccc1. The summed E-state index contributed by atoms with van der Waals surface area (Å²) >= 11 is 5.97. The molecule has 0 heterocycles. The lowest BCUT2D eigenvalue weighted by molar-refractivity contribution is -0.126. The van der Waals surface area contributed by atoms with Crippen LogP contribution in [-0.2, 0) is 16.1 Å². The van der Waals surface area contributed by atoms with E-state index in [0.29, 0.717) is 23.0 Å². The van der Waals surface area contributed by atoms with Gasteiger partial charge in [0.2, 0.25) is 11.8 Å². The molecule has 0 aromatic heterocycles. The molecule has 1 atom stereocenters. The topological polar surface area (TPSA) is 70.7 Å². The van der Waals surface area contributed by atoms with Crippen molar-refractivity contribution in [3.63, 3.8) is 0 Å². The van der Waals surface area contributed by atoms with E-state index < -0.39 is 6.04 Å². The van der Waals surface area contributed by atoms with Crippen molar-refractivity contribution < 1.29 is 14.3 Å². The van der Waals surface area contributed by atoms with Gasteiger partial charge in [-0.1, -0.05) is 41.9 Å². The van der Waals surface area contributed by atoms with E-state index in [0.717, 1.165) is 5.56 Å². The molecule has 0 spiro atoms. The van der Waals surface area contributed by atoms with Gasteiger partial charge in [-0.2, -0.15) is 0 Å². The van der Waals surface area contributed by atoms with E-state index in [2.05, 4.69) is 10.6 Å². The van der Waals surface area contributed by atoms with Gasteiger partial charge in [-0.25, -0.2) is 0 Å². The lowest BCUT2D eigenvalue weighted by Gasteiger charge is -2.23. The second-order valence-electron chi connectivity index (χ2n) is 6.19. The predicted molar refractivity (Wildman–Crippen MR) is 107 cm³/mol. The fraction of sp³-hybridized carbons (Fsp3) is 0.300. The number of nitrogens with zero attached hydrogens (tertiary/aromatic N) is 1. The fourth-order valence-corrected chi connectivity index (χ4v) is 2.64. The molecule has 2 aromatic carbocycles. The molecule has 0 bridgehead atoms. The van der Waals surface area contributed by atoms with Crippen LogP contribution < -0.4 is 15.4 Å². The number of amides is 2. The van der Waals surface area contributed by atoms with Gasteiger partial charge in [0, 0.05) is 11.6 Å². The van der Waals surface area contributed by atoms with Gasteiger partial charge in [-0.15, -0.1) is 0 Å². The summed E-state index contributed by atoms with van der Waals surface area (Å²) in [4.78, 5) is 26.3. The molecule has 144 valence electrons. The minimum absolute atomic E-state index is 0.0512. The first-order chi connectivity index (χ1) is 12.9. The first-order valence-corrected chi connectivity index (χ1v) is 8.93. The molecule has 6 nitrogen and oxygen atoms in total. The number of hydrogen-bond donors (Lipinski definition) is 2. The summed E-state index contributed by atoms with van der Waals surface area (Å²) in [6.45, 7) is 2.26. The van der Waals surface area contributed by atoms with E-state index in [4.69, 9.17) is 16.3 Å². The van der Waals surface area contributed by atoms with Crippen molar-refractivity contribution in [2.45, 2.75) is 19.5 Å². The van der Waals surface area contributed by atoms with E-state index >= 15 is 0 Å². The zero-order chi connectivity index (χ0) is 19.8. The van der Waals surface area contributed by atoms with Gasteiger partial charge < -0.3 is 15.4 Å². The van der Waals surface area contributed by atoms with Crippen LogP contribution in [0.5, 0.6) is 5.75 Å². The first kappa shape index (κ1) is 20.7. The molecular formula is C20H24ClN3O3. The Bertz CT molecular complexity index is 783. The molecule has 2 N–H and O–H groups in total. The Hall–Kier alpha value is -2.57. The Labute approximate surface area is 164 Å². The number of rotatable bonds is 8. The van der Waals surface area contributed by atoms with Crippen LogP contribution in [0.3, 0.4) is 0 Å². The number of benzene rings is 2. The van der Waals surface area contributed by atoms with Gasteiger partial charge in [-0.3, -0.25) is 14.5 Å². The van der Waals surface area contributed by atoms with E-state index in [1.807, 2.05) is 30.3 Å². The molecule has 0 aliphatic heterocycles. The lowest BCUT2D eigenvalue weighted by atomic mass is 10.2. The number of carbonyl (C=O) groups excluding carboxylic acids is 2. The van der Waals surface area contributed by atoms with Crippen molar-refractivity contribution in [3.05, 3.63) is 59.1 Å². The van der Waals surface area contributed by atoms with Crippen molar-refractivity contribution in [1.82, 2.24) is 10.2 Å². The maximum Gasteiger partial charge on any atom is 0.238 e. The molecular weight excluding hydrogens is 366 g/mol. The lowest BCUT2D eigenvalue weighted by Crippen LogP contribution is -2.45. The van der Waals surface area contributed by atoms with Crippen molar-refractivity contribution in [2.75, 3.05) is 26.0 Å². The molecule has 1 unspecified atom stereocenters. The Balaban J connectivity index is 1.87. The third-order valence-electron chi connectivity index (χ3n) is 4.18. The number of ether oxygens (including phenoxy) is 1. The average molecular weight is 390 g/mol. The van der Waals surface area contributed by atoms with Gasteiger partial charge in [0.25, 0.3) is 0 Å². The summed E-state index contributed by atoms with van der Waals surface area (Å²) in [5.41, 5.74) is 1.51. The number of carbonyl (C=O) groups is 2. The highest BCUT2D eigenvalue weighted by Crippen LogP contribution is 2.27. The van der Waals surface area contributed by atoms with Crippen molar-refractivity contribution in [1.29, 1.82) is 0 Å². The number of hydrogen-bond acceptors (Lipinski definition) is 4. The van der Waals surface area contributed by atoms with Gasteiger partial charge in [0.1, 0.15) is 5.75 Å². The second-order valence-corrected chi connectivity index (χ2v) is 6.62. The summed E-state index contributed by atoms with van der Waals surface area (Å²) in [6, 6.07) is 14.2. The summed E-state index contributed by atoms with van der Waals surface area (Å²) in [5, 5.41) is 6.14. The quantitative estimate of drug-likeness (QED) is 0.728. The molecule has 0 saturated carbocycles. The maximum absolute atomic E-state index is 12.3. The molecule has 27 heavy (non-hydrogen) atoms. The Morgan fingerprint density at radius 1 is 1.19 bits per heavy atom. The third kappa shape index (κ3) is 6.27. The van der Waals surface area contributed by atoms with Crippen molar-refractivity contribution >= 4 is 29.1 Å². The number of nitrogens with one attached hydrogen (secondary N) is 2. The van der Waals surface area contributed by atoms with Crippen molar-refractivity contribution in [2.24, 2.45) is 0 Å². The normalized spacial score (nSPS) is 11.7. The Morgan fingerprint density at radius 3 is 2.56 bits per heavy atom.